The Balaban J connectivity index is 3.16. The van der Waals surface area contributed by atoms with Crippen molar-refractivity contribution in [2.75, 3.05) is 20.1 Å². The Kier molecular flexibility index (Phi) is 6.03. The van der Waals surface area contributed by atoms with Crippen LogP contribution in [0.1, 0.15) is 0 Å². The molecule has 0 bridgehead atoms. The first-order valence-electron chi connectivity index (χ1n) is 2.66. The van der Waals surface area contributed by atoms with Crippen LogP contribution in [0.2, 0.25) is 0 Å². The highest BCUT2D eigenvalue weighted by Gasteiger charge is 1.88. The summed E-state index contributed by atoms with van der Waals surface area (Å²) in [6.07, 6.45) is 0. The summed E-state index contributed by atoms with van der Waals surface area (Å²) in [5, 5.41) is 7.48. The topological polar surface area (TPSA) is 24.1 Å². The Labute approximate surface area is 66.0 Å². The van der Waals surface area contributed by atoms with Gasteiger partial charge in [0.2, 0.25) is 0 Å². The van der Waals surface area contributed by atoms with E-state index in [-0.39, 0.29) is 0 Å². The molecule has 0 aromatic rings. The standard InChI is InChI=1S/C5H10N2S2/c1-6-4-5(9)7-2-3-8/h3,6H,2,4H2,1H3,(H,7,9). The Bertz CT molecular complexity index is 103. The van der Waals surface area contributed by atoms with Gasteiger partial charge in [0.05, 0.1) is 4.99 Å². The van der Waals surface area contributed by atoms with Gasteiger partial charge in [-0.1, -0.05) is 24.4 Å². The lowest BCUT2D eigenvalue weighted by atomic mass is 10.6. The van der Waals surface area contributed by atoms with Crippen LogP contribution in [0.4, 0.5) is 0 Å². The van der Waals surface area contributed by atoms with Crippen molar-refractivity contribution in [3.8, 4) is 0 Å². The highest BCUT2D eigenvalue weighted by atomic mass is 32.1. The van der Waals surface area contributed by atoms with Crippen molar-refractivity contribution in [3.05, 3.63) is 0 Å². The van der Waals surface area contributed by atoms with Gasteiger partial charge in [-0.2, -0.15) is 0 Å². The highest BCUT2D eigenvalue weighted by molar-refractivity contribution is 7.80. The van der Waals surface area contributed by atoms with Crippen molar-refractivity contribution in [1.82, 2.24) is 10.6 Å². The molecule has 0 heterocycles. The average molecular weight is 162 g/mol. The molecule has 4 heteroatoms. The number of rotatable bonds is 4. The molecule has 0 atom stereocenters. The van der Waals surface area contributed by atoms with E-state index in [0.717, 1.165) is 11.5 Å². The van der Waals surface area contributed by atoms with E-state index in [2.05, 4.69) is 22.9 Å². The fourth-order valence-corrected chi connectivity index (χ4v) is 0.690. The first-order chi connectivity index (χ1) is 4.31. The summed E-state index contributed by atoms with van der Waals surface area (Å²) in [6.45, 7) is 1.40. The lowest BCUT2D eigenvalue weighted by Gasteiger charge is -2.01. The minimum atomic E-state index is 0.676. The molecule has 2 N–H and O–H groups in total. The summed E-state index contributed by atoms with van der Waals surface area (Å²) in [5.74, 6) is 0. The van der Waals surface area contributed by atoms with Crippen LogP contribution < -0.4 is 10.6 Å². The molecule has 0 saturated carbocycles. The maximum absolute atomic E-state index is 4.88. The van der Waals surface area contributed by atoms with Gasteiger partial charge in [-0.25, -0.2) is 0 Å². The summed E-state index contributed by atoms with van der Waals surface area (Å²) in [7, 11) is 1.85. The Morgan fingerprint density at radius 1 is 1.67 bits per heavy atom. The molecule has 0 radical (unpaired) electrons. The molecular weight excluding hydrogens is 152 g/mol. The zero-order valence-corrected chi connectivity index (χ0v) is 6.94. The van der Waals surface area contributed by atoms with E-state index >= 15 is 0 Å². The maximum atomic E-state index is 4.88. The van der Waals surface area contributed by atoms with Crippen LogP contribution in [0.15, 0.2) is 0 Å². The zero-order valence-electron chi connectivity index (χ0n) is 5.31. The van der Waals surface area contributed by atoms with Gasteiger partial charge in [0.25, 0.3) is 0 Å². The van der Waals surface area contributed by atoms with E-state index in [9.17, 15) is 0 Å². The molecule has 52 valence electrons. The van der Waals surface area contributed by atoms with Gasteiger partial charge in [0, 0.05) is 13.1 Å². The molecule has 0 fully saturated rings. The fraction of sp³-hybridized carbons (Fsp3) is 0.600. The minimum Gasteiger partial charge on any atom is -0.374 e. The largest absolute Gasteiger partial charge is 0.374 e. The predicted molar refractivity (Wildman–Crippen MR) is 48.2 cm³/mol. The molecule has 2 nitrogen and oxygen atoms in total. The van der Waals surface area contributed by atoms with Crippen LogP contribution in [0, 0.1) is 0 Å². The van der Waals surface area contributed by atoms with Gasteiger partial charge in [-0.3, -0.25) is 0 Å². The minimum absolute atomic E-state index is 0.676. The molecule has 0 unspecified atom stereocenters. The summed E-state index contributed by atoms with van der Waals surface area (Å²) in [5.41, 5.74) is 0. The summed E-state index contributed by atoms with van der Waals surface area (Å²) >= 11 is 9.47. The molecule has 0 aliphatic heterocycles. The molecule has 0 aromatic carbocycles. The second-order valence-corrected chi connectivity index (χ2v) is 2.33. The number of thiocarbonyl (C=S) groups is 2. The third kappa shape index (κ3) is 5.82. The van der Waals surface area contributed by atoms with Crippen LogP contribution in [-0.2, 0) is 0 Å². The van der Waals surface area contributed by atoms with Crippen LogP contribution >= 0.6 is 24.4 Å². The van der Waals surface area contributed by atoms with E-state index in [4.69, 9.17) is 12.2 Å². The third-order valence-electron chi connectivity index (χ3n) is 0.720. The zero-order chi connectivity index (χ0) is 7.11. The quantitative estimate of drug-likeness (QED) is 0.574. The van der Waals surface area contributed by atoms with Crippen LogP contribution in [-0.4, -0.2) is 30.5 Å². The van der Waals surface area contributed by atoms with Gasteiger partial charge >= 0.3 is 0 Å². The number of likely N-dealkylation sites (N-methyl/N-ethyl adjacent to an activating group) is 1. The first kappa shape index (κ1) is 8.94. The van der Waals surface area contributed by atoms with Gasteiger partial charge < -0.3 is 10.6 Å². The van der Waals surface area contributed by atoms with Crippen LogP contribution in [0.5, 0.6) is 0 Å². The number of hydrogen-bond acceptors (Lipinski definition) is 3. The van der Waals surface area contributed by atoms with Crippen molar-refractivity contribution in [2.45, 2.75) is 0 Å². The van der Waals surface area contributed by atoms with E-state index in [0.29, 0.717) is 6.54 Å². The molecule has 0 saturated heterocycles. The summed E-state index contributed by atoms with van der Waals surface area (Å²) in [4.78, 5) is 0.804. The van der Waals surface area contributed by atoms with Crippen LogP contribution in [0.3, 0.4) is 0 Å². The SMILES string of the molecule is CNCC(=S)NCC=S. The Morgan fingerprint density at radius 2 is 2.33 bits per heavy atom. The van der Waals surface area contributed by atoms with Crippen molar-refractivity contribution >= 4 is 34.8 Å². The normalized spacial score (nSPS) is 8.56. The van der Waals surface area contributed by atoms with Gasteiger partial charge in [-0.15, -0.1) is 0 Å². The average Bonchev–Trinajstić information content (AvgIpc) is 1.85. The fourth-order valence-electron chi connectivity index (χ4n) is 0.379. The Morgan fingerprint density at radius 3 is 2.78 bits per heavy atom. The summed E-state index contributed by atoms with van der Waals surface area (Å²) in [6, 6.07) is 0. The molecule has 0 amide bonds. The van der Waals surface area contributed by atoms with Gasteiger partial charge in [-0.05, 0) is 12.4 Å². The van der Waals surface area contributed by atoms with Crippen molar-refractivity contribution in [1.29, 1.82) is 0 Å². The summed E-state index contributed by atoms with van der Waals surface area (Å²) < 4.78 is 0. The van der Waals surface area contributed by atoms with E-state index < -0.39 is 0 Å². The van der Waals surface area contributed by atoms with E-state index in [1.807, 2.05) is 7.05 Å². The monoisotopic (exact) mass is 162 g/mol. The molecule has 0 rings (SSSR count). The van der Waals surface area contributed by atoms with Gasteiger partial charge in [0.15, 0.2) is 0 Å². The smallest absolute Gasteiger partial charge is 0.0896 e. The first-order valence-corrected chi connectivity index (χ1v) is 3.54. The lowest BCUT2D eigenvalue weighted by molar-refractivity contribution is 0.921. The molecule has 0 aliphatic rings. The Hall–Kier alpha value is -0.0600. The highest BCUT2D eigenvalue weighted by Crippen LogP contribution is 1.66. The molecule has 0 spiro atoms. The third-order valence-corrected chi connectivity index (χ3v) is 1.18. The van der Waals surface area contributed by atoms with Crippen LogP contribution in [0.25, 0.3) is 0 Å². The van der Waals surface area contributed by atoms with Crippen molar-refractivity contribution in [2.24, 2.45) is 0 Å². The molecule has 9 heavy (non-hydrogen) atoms. The second-order valence-electron chi connectivity index (χ2n) is 1.50. The van der Waals surface area contributed by atoms with Gasteiger partial charge in [0.1, 0.15) is 0 Å². The predicted octanol–water partition coefficient (Wildman–Crippen LogP) is 0.122. The number of nitrogens with one attached hydrogen (secondary N) is 2. The van der Waals surface area contributed by atoms with E-state index in [1.54, 1.807) is 5.37 Å². The molecule has 0 aromatic heterocycles. The molecule has 0 aliphatic carbocycles. The van der Waals surface area contributed by atoms with Crippen molar-refractivity contribution in [3.63, 3.8) is 0 Å². The number of hydrogen-bond donors (Lipinski definition) is 2. The van der Waals surface area contributed by atoms with E-state index in [1.165, 1.54) is 0 Å². The van der Waals surface area contributed by atoms with Crippen molar-refractivity contribution < 1.29 is 0 Å². The lowest BCUT2D eigenvalue weighted by Crippen LogP contribution is -2.31. The second kappa shape index (κ2) is 6.07. The molecular formula is C5H10N2S2. The maximum Gasteiger partial charge on any atom is 0.0896 e.